The van der Waals surface area contributed by atoms with Gasteiger partial charge in [-0.1, -0.05) is 71.6 Å². The van der Waals surface area contributed by atoms with E-state index in [4.69, 9.17) is 4.42 Å². The van der Waals surface area contributed by atoms with Crippen LogP contribution in [-0.2, 0) is 5.75 Å². The minimum absolute atomic E-state index is 0.618. The van der Waals surface area contributed by atoms with Crippen molar-refractivity contribution in [2.75, 3.05) is 5.32 Å². The number of nitrogens with one attached hydrogen (secondary N) is 1. The molecule has 5 nitrogen and oxygen atoms in total. The topological polar surface area (TPSA) is 63.8 Å². The van der Waals surface area contributed by atoms with Crippen LogP contribution in [0.15, 0.2) is 75.6 Å². The van der Waals surface area contributed by atoms with Crippen LogP contribution in [-0.4, -0.2) is 15.2 Å². The standard InChI is InChI=1S/C18H14N4OS2/c1-3-7-13(8-4-1)15-11-19-16(23-15)12-24-18-22-21-17(25-18)20-14-9-5-2-6-10-14/h1-11H,12H2,(H,20,21). The number of anilines is 2. The first-order valence-electron chi connectivity index (χ1n) is 7.65. The van der Waals surface area contributed by atoms with E-state index < -0.39 is 0 Å². The zero-order valence-electron chi connectivity index (χ0n) is 13.1. The Balaban J connectivity index is 1.37. The van der Waals surface area contributed by atoms with Gasteiger partial charge in [0.2, 0.25) is 11.0 Å². The molecule has 25 heavy (non-hydrogen) atoms. The van der Waals surface area contributed by atoms with Crippen molar-refractivity contribution in [1.82, 2.24) is 15.2 Å². The largest absolute Gasteiger partial charge is 0.440 e. The smallest absolute Gasteiger partial charge is 0.210 e. The Morgan fingerprint density at radius 1 is 0.960 bits per heavy atom. The van der Waals surface area contributed by atoms with Crippen LogP contribution in [0.1, 0.15) is 5.89 Å². The van der Waals surface area contributed by atoms with Crippen LogP contribution in [0, 0.1) is 0 Å². The number of oxazole rings is 1. The summed E-state index contributed by atoms with van der Waals surface area (Å²) >= 11 is 3.07. The highest BCUT2D eigenvalue weighted by atomic mass is 32.2. The van der Waals surface area contributed by atoms with E-state index in [2.05, 4.69) is 20.5 Å². The van der Waals surface area contributed by atoms with Gasteiger partial charge in [-0.05, 0) is 12.1 Å². The molecule has 2 heterocycles. The van der Waals surface area contributed by atoms with Gasteiger partial charge in [0.25, 0.3) is 0 Å². The first-order valence-corrected chi connectivity index (χ1v) is 9.45. The molecular formula is C18H14N4OS2. The molecule has 4 rings (SSSR count). The maximum Gasteiger partial charge on any atom is 0.210 e. The second kappa shape index (κ2) is 7.50. The highest BCUT2D eigenvalue weighted by molar-refractivity contribution is 8.00. The van der Waals surface area contributed by atoms with Crippen molar-refractivity contribution in [2.24, 2.45) is 0 Å². The van der Waals surface area contributed by atoms with E-state index in [0.717, 1.165) is 26.5 Å². The van der Waals surface area contributed by atoms with Crippen molar-refractivity contribution in [3.05, 3.63) is 72.8 Å². The Morgan fingerprint density at radius 3 is 2.52 bits per heavy atom. The van der Waals surface area contributed by atoms with Crippen LogP contribution in [0.4, 0.5) is 10.8 Å². The fraction of sp³-hybridized carbons (Fsp3) is 0.0556. The van der Waals surface area contributed by atoms with Crippen LogP contribution < -0.4 is 5.32 Å². The maximum absolute atomic E-state index is 5.80. The number of hydrogen-bond donors (Lipinski definition) is 1. The molecule has 0 fully saturated rings. The molecule has 0 aliphatic carbocycles. The zero-order chi connectivity index (χ0) is 16.9. The number of hydrogen-bond acceptors (Lipinski definition) is 7. The molecule has 0 aliphatic heterocycles. The molecular weight excluding hydrogens is 352 g/mol. The number of para-hydroxylation sites is 1. The second-order valence-electron chi connectivity index (χ2n) is 5.14. The summed E-state index contributed by atoms with van der Waals surface area (Å²) in [5, 5.41) is 12.4. The third-order valence-electron chi connectivity index (χ3n) is 3.36. The summed E-state index contributed by atoms with van der Waals surface area (Å²) in [7, 11) is 0. The first kappa shape index (κ1) is 15.9. The average Bonchev–Trinajstić information content (AvgIpc) is 3.31. The van der Waals surface area contributed by atoms with Gasteiger partial charge in [-0.15, -0.1) is 10.2 Å². The summed E-state index contributed by atoms with van der Waals surface area (Å²) in [5.74, 6) is 2.07. The van der Waals surface area contributed by atoms with E-state index >= 15 is 0 Å². The summed E-state index contributed by atoms with van der Waals surface area (Å²) in [6, 6.07) is 19.9. The maximum atomic E-state index is 5.80. The SMILES string of the molecule is c1ccc(Nc2nnc(SCc3ncc(-c4ccccc4)o3)s2)cc1. The Hall–Kier alpha value is -2.64. The molecule has 1 N–H and O–H groups in total. The van der Waals surface area contributed by atoms with Gasteiger partial charge in [0, 0.05) is 11.3 Å². The average molecular weight is 366 g/mol. The lowest BCUT2D eigenvalue weighted by atomic mass is 10.2. The number of aromatic nitrogens is 3. The molecule has 4 aromatic rings. The monoisotopic (exact) mass is 366 g/mol. The molecule has 0 unspecified atom stereocenters. The minimum atomic E-state index is 0.618. The van der Waals surface area contributed by atoms with Crippen molar-refractivity contribution in [3.63, 3.8) is 0 Å². The van der Waals surface area contributed by atoms with Crippen molar-refractivity contribution in [3.8, 4) is 11.3 Å². The molecule has 2 aromatic heterocycles. The Bertz CT molecular complexity index is 938. The van der Waals surface area contributed by atoms with Crippen LogP contribution in [0.2, 0.25) is 0 Å². The molecule has 0 radical (unpaired) electrons. The third-order valence-corrected chi connectivity index (χ3v) is 5.32. The lowest BCUT2D eigenvalue weighted by Gasteiger charge is -1.99. The molecule has 2 aromatic carbocycles. The lowest BCUT2D eigenvalue weighted by Crippen LogP contribution is -1.87. The molecule has 7 heteroatoms. The van der Waals surface area contributed by atoms with E-state index in [0.29, 0.717) is 11.6 Å². The van der Waals surface area contributed by atoms with Gasteiger partial charge in [-0.3, -0.25) is 0 Å². The van der Waals surface area contributed by atoms with E-state index in [1.54, 1.807) is 18.0 Å². The van der Waals surface area contributed by atoms with Gasteiger partial charge < -0.3 is 9.73 Å². The summed E-state index contributed by atoms with van der Waals surface area (Å²) in [6.07, 6.45) is 1.76. The Morgan fingerprint density at radius 2 is 1.72 bits per heavy atom. The van der Waals surface area contributed by atoms with E-state index in [1.807, 2.05) is 60.7 Å². The number of benzene rings is 2. The predicted octanol–water partition coefficient (Wildman–Crippen LogP) is 5.23. The van der Waals surface area contributed by atoms with Gasteiger partial charge >= 0.3 is 0 Å². The van der Waals surface area contributed by atoms with E-state index in [-0.39, 0.29) is 0 Å². The van der Waals surface area contributed by atoms with Crippen molar-refractivity contribution in [1.29, 1.82) is 0 Å². The van der Waals surface area contributed by atoms with Crippen LogP contribution >= 0.6 is 23.1 Å². The molecule has 0 saturated heterocycles. The molecule has 0 aliphatic rings. The van der Waals surface area contributed by atoms with Gasteiger partial charge in [-0.2, -0.15) is 0 Å². The minimum Gasteiger partial charge on any atom is -0.440 e. The number of nitrogens with zero attached hydrogens (tertiary/aromatic N) is 3. The quantitative estimate of drug-likeness (QED) is 0.472. The van der Waals surface area contributed by atoms with Gasteiger partial charge in [0.15, 0.2) is 10.1 Å². The zero-order valence-corrected chi connectivity index (χ0v) is 14.8. The third kappa shape index (κ3) is 4.07. The Labute approximate surface area is 153 Å². The highest BCUT2D eigenvalue weighted by Gasteiger charge is 2.09. The molecule has 0 spiro atoms. The van der Waals surface area contributed by atoms with E-state index in [1.165, 1.54) is 11.3 Å². The Kier molecular flexibility index (Phi) is 4.76. The van der Waals surface area contributed by atoms with Gasteiger partial charge in [0.05, 0.1) is 11.9 Å². The lowest BCUT2D eigenvalue weighted by molar-refractivity contribution is 0.530. The normalized spacial score (nSPS) is 10.7. The molecule has 0 saturated carbocycles. The van der Waals surface area contributed by atoms with Crippen molar-refractivity contribution >= 4 is 33.9 Å². The van der Waals surface area contributed by atoms with Crippen LogP contribution in [0.25, 0.3) is 11.3 Å². The van der Waals surface area contributed by atoms with Gasteiger partial charge in [-0.25, -0.2) is 4.98 Å². The second-order valence-corrected chi connectivity index (χ2v) is 7.34. The molecule has 0 bridgehead atoms. The van der Waals surface area contributed by atoms with Crippen molar-refractivity contribution < 1.29 is 4.42 Å². The molecule has 0 amide bonds. The summed E-state index contributed by atoms with van der Waals surface area (Å²) in [6.45, 7) is 0. The van der Waals surface area contributed by atoms with E-state index in [9.17, 15) is 0 Å². The van der Waals surface area contributed by atoms with Gasteiger partial charge in [0.1, 0.15) is 0 Å². The molecule has 0 atom stereocenters. The number of thioether (sulfide) groups is 1. The summed E-state index contributed by atoms with van der Waals surface area (Å²) in [5.41, 5.74) is 2.02. The fourth-order valence-electron chi connectivity index (χ4n) is 2.20. The molecule has 124 valence electrons. The van der Waals surface area contributed by atoms with Crippen LogP contribution in [0.3, 0.4) is 0 Å². The highest BCUT2D eigenvalue weighted by Crippen LogP contribution is 2.30. The van der Waals surface area contributed by atoms with Crippen molar-refractivity contribution in [2.45, 2.75) is 10.1 Å². The predicted molar refractivity (Wildman–Crippen MR) is 101 cm³/mol. The fourth-order valence-corrected chi connectivity index (χ4v) is 3.83. The summed E-state index contributed by atoms with van der Waals surface area (Å²) in [4.78, 5) is 4.34. The van der Waals surface area contributed by atoms with Crippen LogP contribution in [0.5, 0.6) is 0 Å². The number of rotatable bonds is 6. The summed E-state index contributed by atoms with van der Waals surface area (Å²) < 4.78 is 6.68. The first-order chi connectivity index (χ1) is 12.4.